The predicted octanol–water partition coefficient (Wildman–Crippen LogP) is 3.03. The number of thiazole rings is 1. The molecule has 1 fully saturated rings. The minimum Gasteiger partial charge on any atom is -0.393 e. The van der Waals surface area contributed by atoms with Crippen molar-refractivity contribution in [2.75, 3.05) is 27.2 Å². The van der Waals surface area contributed by atoms with Crippen LogP contribution in [0, 0.1) is 5.92 Å². The Hall–Kier alpha value is -0.450. The number of nitrogens with zero attached hydrogens (tertiary/aromatic N) is 3. The van der Waals surface area contributed by atoms with E-state index in [0.29, 0.717) is 19.0 Å². The lowest BCUT2D eigenvalue weighted by Gasteiger charge is -2.22. The third kappa shape index (κ3) is 6.65. The molecule has 0 bridgehead atoms. The van der Waals surface area contributed by atoms with E-state index in [9.17, 15) is 5.11 Å². The van der Waals surface area contributed by atoms with Crippen molar-refractivity contribution in [1.82, 2.24) is 15.2 Å². The van der Waals surface area contributed by atoms with E-state index in [2.05, 4.69) is 27.5 Å². The zero-order valence-electron chi connectivity index (χ0n) is 15.6. The third-order valence-electron chi connectivity index (χ3n) is 4.46. The molecular formula is C17H31IN4O2S. The summed E-state index contributed by atoms with van der Waals surface area (Å²) >= 11 is 1.63. The number of aromatic nitrogens is 1. The Morgan fingerprint density at radius 2 is 2.32 bits per heavy atom. The first kappa shape index (κ1) is 22.6. The normalized spacial score (nSPS) is 21.7. The van der Waals surface area contributed by atoms with Crippen molar-refractivity contribution in [1.29, 1.82) is 0 Å². The average molecular weight is 482 g/mol. The van der Waals surface area contributed by atoms with Crippen molar-refractivity contribution in [2.24, 2.45) is 10.9 Å². The molecule has 2 rings (SSSR count). The monoisotopic (exact) mass is 482 g/mol. The first-order valence-corrected chi connectivity index (χ1v) is 9.57. The number of ether oxygens (including phenoxy) is 1. The van der Waals surface area contributed by atoms with E-state index in [1.165, 1.54) is 0 Å². The van der Waals surface area contributed by atoms with Crippen molar-refractivity contribution >= 4 is 41.3 Å². The smallest absolute Gasteiger partial charge is 0.194 e. The fourth-order valence-corrected chi connectivity index (χ4v) is 3.75. The maximum absolute atomic E-state index is 9.96. The molecule has 8 heteroatoms. The van der Waals surface area contributed by atoms with Gasteiger partial charge in [0.1, 0.15) is 11.1 Å². The van der Waals surface area contributed by atoms with E-state index >= 15 is 0 Å². The first-order valence-electron chi connectivity index (χ1n) is 8.69. The van der Waals surface area contributed by atoms with Crippen LogP contribution in [0.25, 0.3) is 0 Å². The van der Waals surface area contributed by atoms with Crippen LogP contribution in [-0.4, -0.2) is 54.3 Å². The van der Waals surface area contributed by atoms with Gasteiger partial charge in [-0.3, -0.25) is 4.99 Å². The number of nitrogens with one attached hydrogen (secondary N) is 1. The van der Waals surface area contributed by atoms with Crippen molar-refractivity contribution in [2.45, 2.75) is 51.9 Å². The molecule has 1 aliphatic carbocycles. The summed E-state index contributed by atoms with van der Waals surface area (Å²) in [5, 5.41) is 16.4. The van der Waals surface area contributed by atoms with E-state index < -0.39 is 0 Å². The van der Waals surface area contributed by atoms with Gasteiger partial charge in [0.15, 0.2) is 5.96 Å². The van der Waals surface area contributed by atoms with E-state index in [-0.39, 0.29) is 36.2 Å². The molecule has 6 nitrogen and oxygen atoms in total. The maximum Gasteiger partial charge on any atom is 0.194 e. The molecule has 0 radical (unpaired) electrons. The number of aliphatic hydroxyl groups is 1. The second kappa shape index (κ2) is 11.3. The van der Waals surface area contributed by atoms with Crippen molar-refractivity contribution < 1.29 is 9.84 Å². The Bertz CT molecular complexity index is 540. The Labute approximate surface area is 172 Å². The van der Waals surface area contributed by atoms with Crippen LogP contribution in [0.15, 0.2) is 10.4 Å². The fraction of sp³-hybridized carbons (Fsp3) is 0.765. The molecule has 0 spiro atoms. The summed E-state index contributed by atoms with van der Waals surface area (Å²) in [6.45, 7) is 6.27. The summed E-state index contributed by atoms with van der Waals surface area (Å²) in [6.07, 6.45) is 2.91. The Morgan fingerprint density at radius 1 is 1.56 bits per heavy atom. The Kier molecular flexibility index (Phi) is 10.2. The van der Waals surface area contributed by atoms with Gasteiger partial charge in [-0.05, 0) is 26.7 Å². The number of aliphatic imine (C=N–C) groups is 1. The molecule has 1 heterocycles. The number of hydrogen-bond donors (Lipinski definition) is 2. The number of rotatable bonds is 7. The van der Waals surface area contributed by atoms with Crippen molar-refractivity contribution in [3.8, 4) is 0 Å². The van der Waals surface area contributed by atoms with Gasteiger partial charge >= 0.3 is 0 Å². The van der Waals surface area contributed by atoms with E-state index in [1.54, 1.807) is 18.4 Å². The van der Waals surface area contributed by atoms with Gasteiger partial charge in [0.05, 0.1) is 18.3 Å². The highest BCUT2D eigenvalue weighted by atomic mass is 127. The molecule has 1 aromatic heterocycles. The van der Waals surface area contributed by atoms with Crippen LogP contribution in [0.5, 0.6) is 0 Å². The van der Waals surface area contributed by atoms with Crippen molar-refractivity contribution in [3.05, 3.63) is 16.1 Å². The zero-order valence-corrected chi connectivity index (χ0v) is 18.7. The Morgan fingerprint density at radius 3 is 2.92 bits per heavy atom. The highest BCUT2D eigenvalue weighted by Gasteiger charge is 2.25. The highest BCUT2D eigenvalue weighted by Crippen LogP contribution is 2.25. The molecule has 0 amide bonds. The molecule has 0 aromatic carbocycles. The van der Waals surface area contributed by atoms with Gasteiger partial charge in [-0.1, -0.05) is 6.42 Å². The van der Waals surface area contributed by atoms with Crippen LogP contribution in [0.4, 0.5) is 0 Å². The maximum atomic E-state index is 9.96. The summed E-state index contributed by atoms with van der Waals surface area (Å²) in [5.41, 5.74) is 1.02. The molecule has 3 unspecified atom stereocenters. The van der Waals surface area contributed by atoms with Gasteiger partial charge in [0.25, 0.3) is 0 Å². The minimum absolute atomic E-state index is 0. The first-order chi connectivity index (χ1) is 11.5. The molecule has 3 atom stereocenters. The SMILES string of the molecule is CCNC(=NCC1CCCC1O)N(C)Cc1csc(C(C)OC)n1.I. The van der Waals surface area contributed by atoms with Gasteiger partial charge in [0, 0.05) is 38.5 Å². The molecule has 1 saturated carbocycles. The molecule has 0 aliphatic heterocycles. The minimum atomic E-state index is -0.196. The molecule has 1 aromatic rings. The number of guanidine groups is 1. The van der Waals surface area contributed by atoms with Gasteiger partial charge < -0.3 is 20.1 Å². The third-order valence-corrected chi connectivity index (χ3v) is 5.52. The van der Waals surface area contributed by atoms with Crippen LogP contribution in [0.1, 0.15) is 49.9 Å². The fourth-order valence-electron chi connectivity index (χ4n) is 2.90. The highest BCUT2D eigenvalue weighted by molar-refractivity contribution is 14.0. The second-order valence-corrected chi connectivity index (χ2v) is 7.25. The van der Waals surface area contributed by atoms with Gasteiger partial charge in [0.2, 0.25) is 0 Å². The zero-order chi connectivity index (χ0) is 17.5. The summed E-state index contributed by atoms with van der Waals surface area (Å²) < 4.78 is 5.32. The van der Waals surface area contributed by atoms with E-state index in [0.717, 1.165) is 42.5 Å². The van der Waals surface area contributed by atoms with E-state index in [1.807, 2.05) is 14.0 Å². The number of aliphatic hydroxyl groups excluding tert-OH is 1. The van der Waals surface area contributed by atoms with Gasteiger partial charge in [-0.15, -0.1) is 35.3 Å². The second-order valence-electron chi connectivity index (χ2n) is 6.36. The average Bonchev–Trinajstić information content (AvgIpc) is 3.19. The molecule has 25 heavy (non-hydrogen) atoms. The van der Waals surface area contributed by atoms with Crippen LogP contribution in [0.3, 0.4) is 0 Å². The van der Waals surface area contributed by atoms with Crippen LogP contribution >= 0.6 is 35.3 Å². The lowest BCUT2D eigenvalue weighted by Crippen LogP contribution is -2.39. The molecule has 0 saturated heterocycles. The molecular weight excluding hydrogens is 451 g/mol. The summed E-state index contributed by atoms with van der Waals surface area (Å²) in [6, 6.07) is 0. The van der Waals surface area contributed by atoms with Crippen molar-refractivity contribution in [3.63, 3.8) is 0 Å². The molecule has 1 aliphatic rings. The number of methoxy groups -OCH3 is 1. The summed E-state index contributed by atoms with van der Waals surface area (Å²) in [5.74, 6) is 1.16. The van der Waals surface area contributed by atoms with E-state index in [4.69, 9.17) is 9.73 Å². The topological polar surface area (TPSA) is 70.0 Å². The standard InChI is InChI=1S/C17H30N4O2S.HI/c1-5-18-17(19-9-13-7-6-8-15(13)22)21(3)10-14-11-24-16(20-14)12(2)23-4;/h11-13,15,22H,5-10H2,1-4H3,(H,18,19);1H. The molecule has 144 valence electrons. The predicted molar refractivity (Wildman–Crippen MR) is 114 cm³/mol. The van der Waals surface area contributed by atoms with Crippen LogP contribution in [0.2, 0.25) is 0 Å². The van der Waals surface area contributed by atoms with Crippen LogP contribution in [-0.2, 0) is 11.3 Å². The summed E-state index contributed by atoms with van der Waals surface area (Å²) in [7, 11) is 3.72. The lowest BCUT2D eigenvalue weighted by molar-refractivity contribution is 0.119. The largest absolute Gasteiger partial charge is 0.393 e. The molecule has 2 N–H and O–H groups in total. The number of halogens is 1. The van der Waals surface area contributed by atoms with Gasteiger partial charge in [-0.2, -0.15) is 0 Å². The quantitative estimate of drug-likeness (QED) is 0.355. The Balaban J connectivity index is 0.00000312. The lowest BCUT2D eigenvalue weighted by atomic mass is 10.1. The number of hydrogen-bond acceptors (Lipinski definition) is 5. The summed E-state index contributed by atoms with van der Waals surface area (Å²) in [4.78, 5) is 11.4. The van der Waals surface area contributed by atoms with Crippen LogP contribution < -0.4 is 5.32 Å². The van der Waals surface area contributed by atoms with Gasteiger partial charge in [-0.25, -0.2) is 4.98 Å².